The van der Waals surface area contributed by atoms with Gasteiger partial charge in [0.05, 0.1) is 17.3 Å². The SMILES string of the molecule is Cn1ccc(C(NN)c2ccc(F)c(C(F)(F)F)c2)n1. The number of aromatic nitrogens is 2. The van der Waals surface area contributed by atoms with Gasteiger partial charge < -0.3 is 0 Å². The van der Waals surface area contributed by atoms with Crippen molar-refractivity contribution >= 4 is 0 Å². The molecule has 1 aromatic carbocycles. The van der Waals surface area contributed by atoms with E-state index in [0.717, 1.165) is 12.1 Å². The van der Waals surface area contributed by atoms with Crippen LogP contribution in [0.3, 0.4) is 0 Å². The van der Waals surface area contributed by atoms with Gasteiger partial charge in [-0.1, -0.05) is 6.07 Å². The third-order valence-electron chi connectivity index (χ3n) is 2.83. The molecule has 20 heavy (non-hydrogen) atoms. The summed E-state index contributed by atoms with van der Waals surface area (Å²) in [5.41, 5.74) is 1.67. The normalized spacial score (nSPS) is 13.5. The number of nitrogens with one attached hydrogen (secondary N) is 1. The summed E-state index contributed by atoms with van der Waals surface area (Å²) in [5, 5.41) is 4.07. The first kappa shape index (κ1) is 14.5. The summed E-state index contributed by atoms with van der Waals surface area (Å²) in [7, 11) is 1.67. The van der Waals surface area contributed by atoms with E-state index < -0.39 is 23.6 Å². The van der Waals surface area contributed by atoms with Gasteiger partial charge in [0.15, 0.2) is 0 Å². The fourth-order valence-corrected chi connectivity index (χ4v) is 1.88. The molecule has 108 valence electrons. The van der Waals surface area contributed by atoms with Gasteiger partial charge in [-0.3, -0.25) is 10.5 Å². The minimum absolute atomic E-state index is 0.180. The molecular formula is C12H12F4N4. The third-order valence-corrected chi connectivity index (χ3v) is 2.83. The third kappa shape index (κ3) is 2.81. The minimum atomic E-state index is -4.76. The van der Waals surface area contributed by atoms with Crippen LogP contribution in [0.25, 0.3) is 0 Å². The van der Waals surface area contributed by atoms with E-state index in [-0.39, 0.29) is 5.56 Å². The van der Waals surface area contributed by atoms with Crippen molar-refractivity contribution in [3.05, 3.63) is 53.1 Å². The Labute approximate surface area is 112 Å². The van der Waals surface area contributed by atoms with Crippen molar-refractivity contribution in [3.8, 4) is 0 Å². The molecule has 1 atom stereocenters. The maximum Gasteiger partial charge on any atom is 0.419 e. The zero-order chi connectivity index (χ0) is 14.9. The lowest BCUT2D eigenvalue weighted by Gasteiger charge is -2.16. The number of alkyl halides is 3. The van der Waals surface area contributed by atoms with Crippen molar-refractivity contribution in [2.75, 3.05) is 0 Å². The van der Waals surface area contributed by atoms with Crippen molar-refractivity contribution in [2.45, 2.75) is 12.2 Å². The first-order valence-corrected chi connectivity index (χ1v) is 5.65. The van der Waals surface area contributed by atoms with Crippen molar-refractivity contribution in [3.63, 3.8) is 0 Å². The minimum Gasteiger partial charge on any atom is -0.275 e. The van der Waals surface area contributed by atoms with E-state index in [0.29, 0.717) is 5.69 Å². The number of aryl methyl sites for hydroxylation is 1. The predicted octanol–water partition coefficient (Wildman–Crippen LogP) is 2.13. The molecular weight excluding hydrogens is 276 g/mol. The van der Waals surface area contributed by atoms with Crippen LogP contribution >= 0.6 is 0 Å². The number of nitrogens with two attached hydrogens (primary N) is 1. The summed E-state index contributed by atoms with van der Waals surface area (Å²) in [6.07, 6.45) is -3.13. The summed E-state index contributed by atoms with van der Waals surface area (Å²) < 4.78 is 52.8. The summed E-state index contributed by atoms with van der Waals surface area (Å²) in [5.74, 6) is 4.05. The molecule has 3 N–H and O–H groups in total. The molecule has 4 nitrogen and oxygen atoms in total. The van der Waals surface area contributed by atoms with Gasteiger partial charge in [-0.05, 0) is 23.8 Å². The zero-order valence-electron chi connectivity index (χ0n) is 10.4. The van der Waals surface area contributed by atoms with Crippen LogP contribution in [0.2, 0.25) is 0 Å². The van der Waals surface area contributed by atoms with Gasteiger partial charge in [0.2, 0.25) is 0 Å². The lowest BCUT2D eigenvalue weighted by atomic mass is 10.0. The number of hydrogen-bond donors (Lipinski definition) is 2. The van der Waals surface area contributed by atoms with Crippen LogP contribution in [0.15, 0.2) is 30.5 Å². The molecule has 0 aliphatic rings. The fraction of sp³-hybridized carbons (Fsp3) is 0.250. The molecule has 2 aromatic rings. The second-order valence-electron chi connectivity index (χ2n) is 4.25. The van der Waals surface area contributed by atoms with Crippen LogP contribution in [0.1, 0.15) is 22.9 Å². The maximum absolute atomic E-state index is 13.2. The molecule has 0 fully saturated rings. The van der Waals surface area contributed by atoms with E-state index in [2.05, 4.69) is 10.5 Å². The van der Waals surface area contributed by atoms with E-state index in [9.17, 15) is 17.6 Å². The van der Waals surface area contributed by atoms with E-state index in [1.54, 1.807) is 19.3 Å². The fourth-order valence-electron chi connectivity index (χ4n) is 1.88. The highest BCUT2D eigenvalue weighted by Gasteiger charge is 2.34. The molecule has 0 aliphatic heterocycles. The molecule has 1 aromatic heterocycles. The molecule has 0 saturated heterocycles. The molecule has 1 heterocycles. The van der Waals surface area contributed by atoms with Crippen LogP contribution in [0.4, 0.5) is 17.6 Å². The molecule has 0 aliphatic carbocycles. The van der Waals surface area contributed by atoms with E-state index in [1.807, 2.05) is 0 Å². The molecule has 8 heteroatoms. The Kier molecular flexibility index (Phi) is 3.78. The smallest absolute Gasteiger partial charge is 0.275 e. The Morgan fingerprint density at radius 1 is 1.30 bits per heavy atom. The van der Waals surface area contributed by atoms with Crippen molar-refractivity contribution in [2.24, 2.45) is 12.9 Å². The number of nitrogens with zero attached hydrogens (tertiary/aromatic N) is 2. The van der Waals surface area contributed by atoms with Gasteiger partial charge in [-0.25, -0.2) is 9.82 Å². The lowest BCUT2D eigenvalue weighted by molar-refractivity contribution is -0.140. The second-order valence-corrected chi connectivity index (χ2v) is 4.25. The predicted molar refractivity (Wildman–Crippen MR) is 63.8 cm³/mol. The summed E-state index contributed by atoms with van der Waals surface area (Å²) in [4.78, 5) is 0. The summed E-state index contributed by atoms with van der Waals surface area (Å²) in [6.45, 7) is 0. The van der Waals surface area contributed by atoms with Gasteiger partial charge >= 0.3 is 6.18 Å². The van der Waals surface area contributed by atoms with Gasteiger partial charge in [0.1, 0.15) is 5.82 Å². The monoisotopic (exact) mass is 288 g/mol. The molecule has 0 spiro atoms. The maximum atomic E-state index is 13.2. The lowest BCUT2D eigenvalue weighted by Crippen LogP contribution is -2.29. The summed E-state index contributed by atoms with van der Waals surface area (Å²) in [6, 6.07) is 3.60. The average Bonchev–Trinajstić information content (AvgIpc) is 2.77. The van der Waals surface area contributed by atoms with Crippen LogP contribution in [-0.2, 0) is 13.2 Å². The van der Waals surface area contributed by atoms with E-state index >= 15 is 0 Å². The standard InChI is InChI=1S/C12H12F4N4/c1-20-5-4-10(19-20)11(18-17)7-2-3-9(13)8(6-7)12(14,15)16/h2-6,11,18H,17H2,1H3. The molecule has 1 unspecified atom stereocenters. The Morgan fingerprint density at radius 2 is 2.00 bits per heavy atom. The number of rotatable bonds is 3. The van der Waals surface area contributed by atoms with Gasteiger partial charge in [-0.15, -0.1) is 0 Å². The quantitative estimate of drug-likeness (QED) is 0.517. The van der Waals surface area contributed by atoms with Crippen LogP contribution in [0, 0.1) is 5.82 Å². The highest BCUT2D eigenvalue weighted by atomic mass is 19.4. The van der Waals surface area contributed by atoms with Gasteiger partial charge in [0, 0.05) is 13.2 Å². The summed E-state index contributed by atoms with van der Waals surface area (Å²) >= 11 is 0. The Bertz CT molecular complexity index is 606. The van der Waals surface area contributed by atoms with Crippen molar-refractivity contribution < 1.29 is 17.6 Å². The average molecular weight is 288 g/mol. The number of benzene rings is 1. The number of halogens is 4. The molecule has 2 rings (SSSR count). The highest BCUT2D eigenvalue weighted by molar-refractivity contribution is 5.33. The van der Waals surface area contributed by atoms with E-state index in [4.69, 9.17) is 5.84 Å². The largest absolute Gasteiger partial charge is 0.419 e. The number of hydrazine groups is 1. The zero-order valence-corrected chi connectivity index (χ0v) is 10.4. The van der Waals surface area contributed by atoms with Crippen LogP contribution < -0.4 is 11.3 Å². The Balaban J connectivity index is 2.46. The van der Waals surface area contributed by atoms with Crippen LogP contribution in [-0.4, -0.2) is 9.78 Å². The first-order chi connectivity index (χ1) is 9.32. The van der Waals surface area contributed by atoms with Crippen molar-refractivity contribution in [1.82, 2.24) is 15.2 Å². The van der Waals surface area contributed by atoms with E-state index in [1.165, 1.54) is 10.7 Å². The first-order valence-electron chi connectivity index (χ1n) is 5.65. The Morgan fingerprint density at radius 3 is 2.50 bits per heavy atom. The Hall–Kier alpha value is -1.93. The molecule has 0 radical (unpaired) electrons. The topological polar surface area (TPSA) is 55.9 Å². The number of hydrogen-bond acceptors (Lipinski definition) is 3. The van der Waals surface area contributed by atoms with Gasteiger partial charge in [-0.2, -0.15) is 18.3 Å². The second kappa shape index (κ2) is 5.22. The van der Waals surface area contributed by atoms with Gasteiger partial charge in [0.25, 0.3) is 0 Å². The molecule has 0 amide bonds. The molecule has 0 bridgehead atoms. The highest BCUT2D eigenvalue weighted by Crippen LogP contribution is 2.33. The molecule has 0 saturated carbocycles. The van der Waals surface area contributed by atoms with Crippen molar-refractivity contribution in [1.29, 1.82) is 0 Å². The van der Waals surface area contributed by atoms with Crippen LogP contribution in [0.5, 0.6) is 0 Å².